The van der Waals surface area contributed by atoms with Crippen molar-refractivity contribution in [2.24, 2.45) is 7.05 Å². The van der Waals surface area contributed by atoms with Gasteiger partial charge in [0.2, 0.25) is 5.52 Å². The third kappa shape index (κ3) is 2.27. The minimum atomic E-state index is -1.54. The molecule has 3 heterocycles. The van der Waals surface area contributed by atoms with Gasteiger partial charge in [0.15, 0.2) is 6.20 Å². The summed E-state index contributed by atoms with van der Waals surface area (Å²) in [5.41, 5.74) is 10.9. The Labute approximate surface area is 190 Å². The normalized spacial score (nSPS) is 13.0. The van der Waals surface area contributed by atoms with Crippen LogP contribution in [-0.4, -0.2) is 12.5 Å². The molecule has 3 aromatic heterocycles. The van der Waals surface area contributed by atoms with Crippen molar-refractivity contribution in [3.05, 3.63) is 64.8 Å². The molecular formula is C29H31N2Si+. The van der Waals surface area contributed by atoms with E-state index in [1.807, 2.05) is 0 Å². The first kappa shape index (κ1) is 19.7. The van der Waals surface area contributed by atoms with Crippen LogP contribution < -0.4 is 9.75 Å². The first-order valence-corrected chi connectivity index (χ1v) is 15.1. The smallest absolute Gasteiger partial charge is 0.224 e. The highest BCUT2D eigenvalue weighted by Crippen LogP contribution is 2.42. The summed E-state index contributed by atoms with van der Waals surface area (Å²) >= 11 is 0. The molecule has 32 heavy (non-hydrogen) atoms. The number of fused-ring (bicyclic) bond motifs is 6. The van der Waals surface area contributed by atoms with Gasteiger partial charge in [0.25, 0.3) is 0 Å². The highest BCUT2D eigenvalue weighted by molar-refractivity contribution is 6.90. The Morgan fingerprint density at radius 3 is 2.12 bits per heavy atom. The van der Waals surface area contributed by atoms with Gasteiger partial charge in [-0.05, 0) is 55.3 Å². The molecule has 0 aliphatic carbocycles. The number of aromatic nitrogens is 2. The van der Waals surface area contributed by atoms with E-state index in [1.165, 1.54) is 71.3 Å². The second-order valence-electron chi connectivity index (χ2n) is 10.8. The number of aryl methyl sites for hydroxylation is 5. The molecule has 3 heteroatoms. The Bertz CT molecular complexity index is 1750. The molecule has 0 saturated heterocycles. The van der Waals surface area contributed by atoms with Crippen LogP contribution in [0.3, 0.4) is 0 Å². The SMILES string of the molecule is Cc1cc(C)c2c(c1C)c1c3c(ccc4c5cccc(C)c5n2c43)c([Si](C)(C)C)c[n+]1C. The Hall–Kier alpha value is -2.91. The molecule has 160 valence electrons. The molecule has 0 spiro atoms. The van der Waals surface area contributed by atoms with Crippen LogP contribution in [0.2, 0.25) is 19.6 Å². The van der Waals surface area contributed by atoms with Crippen molar-refractivity contribution in [2.45, 2.75) is 47.3 Å². The molecule has 2 nitrogen and oxygen atoms in total. The van der Waals surface area contributed by atoms with Gasteiger partial charge in [0.05, 0.1) is 35.4 Å². The van der Waals surface area contributed by atoms with E-state index in [1.54, 1.807) is 5.19 Å². The van der Waals surface area contributed by atoms with Crippen LogP contribution in [0.25, 0.3) is 49.0 Å². The van der Waals surface area contributed by atoms with Crippen LogP contribution in [0.1, 0.15) is 22.3 Å². The molecule has 6 aromatic rings. The molecule has 0 unspecified atom stereocenters. The molecular weight excluding hydrogens is 404 g/mol. The summed E-state index contributed by atoms with van der Waals surface area (Å²) in [5.74, 6) is 0. The first-order valence-electron chi connectivity index (χ1n) is 11.6. The lowest BCUT2D eigenvalue weighted by Crippen LogP contribution is -2.45. The number of hydrogen-bond acceptors (Lipinski definition) is 0. The van der Waals surface area contributed by atoms with Crippen molar-refractivity contribution in [1.29, 1.82) is 0 Å². The zero-order valence-corrected chi connectivity index (χ0v) is 21.4. The maximum Gasteiger partial charge on any atom is 0.224 e. The lowest BCUT2D eigenvalue weighted by atomic mass is 9.95. The van der Waals surface area contributed by atoms with E-state index in [4.69, 9.17) is 0 Å². The van der Waals surface area contributed by atoms with Crippen LogP contribution in [0.15, 0.2) is 42.6 Å². The van der Waals surface area contributed by atoms with E-state index in [-0.39, 0.29) is 0 Å². The van der Waals surface area contributed by atoms with Gasteiger partial charge in [-0.3, -0.25) is 0 Å². The number of hydrogen-bond donors (Lipinski definition) is 0. The number of benzene rings is 3. The maximum atomic E-state index is 2.60. The number of para-hydroxylation sites is 1. The van der Waals surface area contributed by atoms with Gasteiger partial charge >= 0.3 is 0 Å². The zero-order valence-electron chi connectivity index (χ0n) is 20.4. The monoisotopic (exact) mass is 435 g/mol. The largest absolute Gasteiger partial charge is 0.307 e. The highest BCUT2D eigenvalue weighted by Gasteiger charge is 2.30. The predicted octanol–water partition coefficient (Wildman–Crippen LogP) is 6.59. The standard InChI is InChI=1S/C29H31N2Si/c1-16-10-9-11-20-21-12-13-22-23(32(6,7)8)15-30(5)29-24-19(4)17(2)14-18(3)27(24)31(26(16)20)28(21)25(22)29/h9-15H,1-8H3/q+1. The Kier molecular flexibility index (Phi) is 3.77. The fraction of sp³-hybridized carbons (Fsp3) is 0.276. The topological polar surface area (TPSA) is 8.29 Å². The molecule has 0 radical (unpaired) electrons. The highest BCUT2D eigenvalue weighted by atomic mass is 28.3. The summed E-state index contributed by atoms with van der Waals surface area (Å²) < 4.78 is 5.02. The summed E-state index contributed by atoms with van der Waals surface area (Å²) in [6.45, 7) is 16.5. The van der Waals surface area contributed by atoms with E-state index in [9.17, 15) is 0 Å². The molecule has 0 aliphatic heterocycles. The molecule has 0 saturated carbocycles. The number of pyridine rings is 2. The van der Waals surface area contributed by atoms with Crippen molar-refractivity contribution in [2.75, 3.05) is 0 Å². The molecule has 0 amide bonds. The third-order valence-corrected chi connectivity index (χ3v) is 9.65. The predicted molar refractivity (Wildman–Crippen MR) is 142 cm³/mol. The summed E-state index contributed by atoms with van der Waals surface area (Å²) in [4.78, 5) is 0. The van der Waals surface area contributed by atoms with Crippen molar-refractivity contribution in [1.82, 2.24) is 4.40 Å². The molecule has 0 N–H and O–H groups in total. The van der Waals surface area contributed by atoms with Crippen LogP contribution in [0, 0.1) is 27.7 Å². The van der Waals surface area contributed by atoms with E-state index >= 15 is 0 Å². The van der Waals surface area contributed by atoms with Gasteiger partial charge in [-0.2, -0.15) is 0 Å². The summed E-state index contributed by atoms with van der Waals surface area (Å²) in [7, 11) is 0.712. The van der Waals surface area contributed by atoms with Crippen LogP contribution in [0.4, 0.5) is 0 Å². The Morgan fingerprint density at radius 1 is 0.719 bits per heavy atom. The zero-order chi connectivity index (χ0) is 22.7. The quantitative estimate of drug-likeness (QED) is 0.119. The van der Waals surface area contributed by atoms with Gasteiger partial charge in [-0.25, -0.2) is 4.57 Å². The van der Waals surface area contributed by atoms with Crippen molar-refractivity contribution < 1.29 is 4.57 Å². The molecule has 0 aliphatic rings. The maximum absolute atomic E-state index is 2.60. The molecule has 0 atom stereocenters. The minimum absolute atomic E-state index is 1.34. The van der Waals surface area contributed by atoms with Gasteiger partial charge in [0, 0.05) is 16.0 Å². The van der Waals surface area contributed by atoms with Gasteiger partial charge < -0.3 is 4.40 Å². The second kappa shape index (κ2) is 6.11. The lowest BCUT2D eigenvalue weighted by molar-refractivity contribution is -0.643. The summed E-state index contributed by atoms with van der Waals surface area (Å²) in [6, 6.07) is 13.9. The van der Waals surface area contributed by atoms with Crippen molar-refractivity contribution in [3.63, 3.8) is 0 Å². The average molecular weight is 436 g/mol. The van der Waals surface area contributed by atoms with Crippen LogP contribution in [0.5, 0.6) is 0 Å². The van der Waals surface area contributed by atoms with Crippen molar-refractivity contribution >= 4 is 62.3 Å². The fourth-order valence-electron chi connectivity index (χ4n) is 6.07. The van der Waals surface area contributed by atoms with Gasteiger partial charge in [0.1, 0.15) is 7.05 Å². The molecule has 3 aromatic carbocycles. The number of nitrogens with zero attached hydrogens (tertiary/aromatic N) is 2. The molecule has 6 rings (SSSR count). The van der Waals surface area contributed by atoms with E-state index < -0.39 is 8.07 Å². The first-order chi connectivity index (χ1) is 15.1. The van der Waals surface area contributed by atoms with E-state index in [2.05, 4.69) is 106 Å². The minimum Gasteiger partial charge on any atom is -0.307 e. The van der Waals surface area contributed by atoms with E-state index in [0.717, 1.165) is 0 Å². The van der Waals surface area contributed by atoms with Crippen molar-refractivity contribution in [3.8, 4) is 0 Å². The third-order valence-electron chi connectivity index (χ3n) is 7.63. The fourth-order valence-corrected chi connectivity index (χ4v) is 7.67. The van der Waals surface area contributed by atoms with Gasteiger partial charge in [-0.1, -0.05) is 56.0 Å². The summed E-state index contributed by atoms with van der Waals surface area (Å²) in [6.07, 6.45) is 2.43. The van der Waals surface area contributed by atoms with E-state index in [0.29, 0.717) is 0 Å². The van der Waals surface area contributed by atoms with Crippen LogP contribution >= 0.6 is 0 Å². The lowest BCUT2D eigenvalue weighted by Gasteiger charge is -2.21. The second-order valence-corrected chi connectivity index (χ2v) is 15.8. The molecule has 0 fully saturated rings. The molecule has 0 bridgehead atoms. The average Bonchev–Trinajstić information content (AvgIpc) is 3.06. The van der Waals surface area contributed by atoms with Crippen LogP contribution in [-0.2, 0) is 7.05 Å². The Morgan fingerprint density at radius 2 is 1.41 bits per heavy atom. The summed E-state index contributed by atoms with van der Waals surface area (Å²) in [5, 5.41) is 8.54. The number of rotatable bonds is 1. The Balaban J connectivity index is 2.13. The van der Waals surface area contributed by atoms with Gasteiger partial charge in [-0.15, -0.1) is 0 Å².